The van der Waals surface area contributed by atoms with E-state index in [1.807, 2.05) is 6.07 Å². The zero-order valence-corrected chi connectivity index (χ0v) is 17.9. The Morgan fingerprint density at radius 1 is 1.12 bits per heavy atom. The van der Waals surface area contributed by atoms with E-state index in [4.69, 9.17) is 14.6 Å². The molecule has 2 aromatic carbocycles. The van der Waals surface area contributed by atoms with E-state index in [1.54, 1.807) is 36.4 Å². The lowest BCUT2D eigenvalue weighted by molar-refractivity contribution is -0.139. The fourth-order valence-electron chi connectivity index (χ4n) is 2.84. The van der Waals surface area contributed by atoms with E-state index in [0.29, 0.717) is 11.3 Å². The van der Waals surface area contributed by atoms with E-state index in [9.17, 15) is 19.2 Å². The molecule has 0 spiro atoms. The first-order valence-electron chi connectivity index (χ1n) is 9.50. The van der Waals surface area contributed by atoms with Crippen molar-refractivity contribution in [2.75, 3.05) is 25.6 Å². The SMILES string of the molecule is COc1cc(/C=C2\SC(=O)N(CCC(=O)Nc3ccccc3)C2=O)ccc1OCC(=O)O. The van der Waals surface area contributed by atoms with Gasteiger partial charge in [-0.3, -0.25) is 19.3 Å². The normalized spacial score (nSPS) is 14.5. The van der Waals surface area contributed by atoms with Crippen LogP contribution in [0.4, 0.5) is 10.5 Å². The van der Waals surface area contributed by atoms with Crippen molar-refractivity contribution in [3.05, 3.63) is 59.0 Å². The highest BCUT2D eigenvalue weighted by atomic mass is 32.2. The number of rotatable bonds is 9. The zero-order chi connectivity index (χ0) is 23.1. The number of amides is 3. The third-order valence-electron chi connectivity index (χ3n) is 4.33. The average molecular weight is 456 g/mol. The Bertz CT molecular complexity index is 1070. The molecule has 0 bridgehead atoms. The summed E-state index contributed by atoms with van der Waals surface area (Å²) in [5, 5.41) is 11.0. The van der Waals surface area contributed by atoms with Crippen molar-refractivity contribution in [2.45, 2.75) is 6.42 Å². The first-order chi connectivity index (χ1) is 15.4. The molecule has 0 aromatic heterocycles. The number of para-hydroxylation sites is 1. The lowest BCUT2D eigenvalue weighted by Crippen LogP contribution is -2.31. The Kier molecular flexibility index (Phi) is 7.50. The lowest BCUT2D eigenvalue weighted by Gasteiger charge is -2.12. The molecule has 0 aliphatic carbocycles. The van der Waals surface area contributed by atoms with Gasteiger partial charge in [0.2, 0.25) is 5.91 Å². The van der Waals surface area contributed by atoms with E-state index >= 15 is 0 Å². The maximum Gasteiger partial charge on any atom is 0.341 e. The largest absolute Gasteiger partial charge is 0.493 e. The molecule has 1 saturated heterocycles. The highest BCUT2D eigenvalue weighted by Crippen LogP contribution is 2.34. The van der Waals surface area contributed by atoms with Gasteiger partial charge in [-0.2, -0.15) is 0 Å². The van der Waals surface area contributed by atoms with Gasteiger partial charge in [-0.25, -0.2) is 4.79 Å². The van der Waals surface area contributed by atoms with Gasteiger partial charge in [0, 0.05) is 18.7 Å². The molecule has 1 heterocycles. The van der Waals surface area contributed by atoms with Gasteiger partial charge in [0.25, 0.3) is 11.1 Å². The molecule has 2 aromatic rings. The minimum Gasteiger partial charge on any atom is -0.493 e. The second kappa shape index (κ2) is 10.5. The quantitative estimate of drug-likeness (QED) is 0.552. The molecule has 0 radical (unpaired) electrons. The monoisotopic (exact) mass is 456 g/mol. The van der Waals surface area contributed by atoms with Crippen molar-refractivity contribution in [3.8, 4) is 11.5 Å². The third kappa shape index (κ3) is 5.88. The van der Waals surface area contributed by atoms with Gasteiger partial charge in [-0.05, 0) is 47.7 Å². The minimum absolute atomic E-state index is 0.0242. The number of thioether (sulfide) groups is 1. The topological polar surface area (TPSA) is 122 Å². The van der Waals surface area contributed by atoms with Gasteiger partial charge in [-0.1, -0.05) is 24.3 Å². The smallest absolute Gasteiger partial charge is 0.341 e. The Morgan fingerprint density at radius 2 is 1.88 bits per heavy atom. The summed E-state index contributed by atoms with van der Waals surface area (Å²) >= 11 is 0.781. The van der Waals surface area contributed by atoms with Crippen LogP contribution in [0, 0.1) is 0 Å². The summed E-state index contributed by atoms with van der Waals surface area (Å²) in [6.45, 7) is -0.557. The van der Waals surface area contributed by atoms with Gasteiger partial charge >= 0.3 is 5.97 Å². The molecule has 0 atom stereocenters. The number of carboxylic acids is 1. The predicted octanol–water partition coefficient (Wildman–Crippen LogP) is 3.22. The van der Waals surface area contributed by atoms with Crippen LogP contribution in [0.15, 0.2) is 53.4 Å². The van der Waals surface area contributed by atoms with Crippen molar-refractivity contribution in [1.29, 1.82) is 0 Å². The van der Waals surface area contributed by atoms with Gasteiger partial charge in [0.1, 0.15) is 0 Å². The van der Waals surface area contributed by atoms with E-state index in [2.05, 4.69) is 5.32 Å². The summed E-state index contributed by atoms with van der Waals surface area (Å²) in [7, 11) is 1.40. The number of imide groups is 1. The molecule has 1 aliphatic rings. The van der Waals surface area contributed by atoms with Gasteiger partial charge in [0.05, 0.1) is 12.0 Å². The van der Waals surface area contributed by atoms with Crippen LogP contribution in [0.3, 0.4) is 0 Å². The first-order valence-corrected chi connectivity index (χ1v) is 10.3. The Labute approximate surface area is 188 Å². The van der Waals surface area contributed by atoms with E-state index in [0.717, 1.165) is 16.7 Å². The number of hydrogen-bond donors (Lipinski definition) is 2. The van der Waals surface area contributed by atoms with Crippen molar-refractivity contribution in [1.82, 2.24) is 4.90 Å². The number of anilines is 1. The second-order valence-electron chi connectivity index (χ2n) is 6.59. The van der Waals surface area contributed by atoms with Crippen LogP contribution in [0.5, 0.6) is 11.5 Å². The molecule has 166 valence electrons. The number of methoxy groups -OCH3 is 1. The molecule has 2 N–H and O–H groups in total. The summed E-state index contributed by atoms with van der Waals surface area (Å²) in [5.41, 5.74) is 1.20. The minimum atomic E-state index is -1.12. The molecule has 1 aliphatic heterocycles. The highest BCUT2D eigenvalue weighted by Gasteiger charge is 2.35. The number of hydrogen-bond acceptors (Lipinski definition) is 7. The fourth-order valence-corrected chi connectivity index (χ4v) is 3.70. The summed E-state index contributed by atoms with van der Waals surface area (Å²) in [4.78, 5) is 49.0. The van der Waals surface area contributed by atoms with Crippen LogP contribution in [-0.4, -0.2) is 53.3 Å². The van der Waals surface area contributed by atoms with E-state index in [1.165, 1.54) is 19.3 Å². The van der Waals surface area contributed by atoms with Crippen molar-refractivity contribution >= 4 is 46.5 Å². The number of carboxylic acid groups (broad SMARTS) is 1. The number of benzene rings is 2. The van der Waals surface area contributed by atoms with Crippen LogP contribution >= 0.6 is 11.8 Å². The summed E-state index contributed by atoms with van der Waals surface area (Å²) in [6.07, 6.45) is 1.50. The maximum atomic E-state index is 12.7. The van der Waals surface area contributed by atoms with Gasteiger partial charge in [-0.15, -0.1) is 0 Å². The molecule has 10 heteroatoms. The maximum absolute atomic E-state index is 12.7. The number of ether oxygens (including phenoxy) is 2. The van der Waals surface area contributed by atoms with Crippen molar-refractivity contribution < 1.29 is 33.8 Å². The van der Waals surface area contributed by atoms with E-state index in [-0.39, 0.29) is 35.3 Å². The second-order valence-corrected chi connectivity index (χ2v) is 7.58. The molecular formula is C22H20N2O7S. The van der Waals surface area contributed by atoms with Crippen LogP contribution in [0.25, 0.3) is 6.08 Å². The number of aliphatic carboxylic acids is 1. The molecule has 0 saturated carbocycles. The fraction of sp³-hybridized carbons (Fsp3) is 0.182. The van der Waals surface area contributed by atoms with Crippen molar-refractivity contribution in [2.24, 2.45) is 0 Å². The van der Waals surface area contributed by atoms with Crippen LogP contribution in [0.1, 0.15) is 12.0 Å². The number of carbonyl (C=O) groups is 4. The predicted molar refractivity (Wildman–Crippen MR) is 118 cm³/mol. The lowest BCUT2D eigenvalue weighted by atomic mass is 10.2. The number of nitrogens with zero attached hydrogens (tertiary/aromatic N) is 1. The standard InChI is InChI=1S/C22H20N2O7S/c1-30-17-11-14(7-8-16(17)31-13-20(26)27)12-18-21(28)24(22(29)32-18)10-9-19(25)23-15-5-3-2-4-6-15/h2-8,11-12H,9-10,13H2,1H3,(H,23,25)(H,26,27)/b18-12-. The number of nitrogens with one attached hydrogen (secondary N) is 1. The zero-order valence-electron chi connectivity index (χ0n) is 17.1. The van der Waals surface area contributed by atoms with E-state index < -0.39 is 23.7 Å². The Hall–Kier alpha value is -3.79. The molecule has 3 rings (SSSR count). The van der Waals surface area contributed by atoms with Crippen LogP contribution in [-0.2, 0) is 14.4 Å². The summed E-state index contributed by atoms with van der Waals surface area (Å²) in [5.74, 6) is -1.39. The molecule has 32 heavy (non-hydrogen) atoms. The van der Waals surface area contributed by atoms with Crippen molar-refractivity contribution in [3.63, 3.8) is 0 Å². The number of carbonyl (C=O) groups excluding carboxylic acids is 3. The first kappa shape index (κ1) is 22.9. The Balaban J connectivity index is 1.64. The van der Waals surface area contributed by atoms with Crippen LogP contribution in [0.2, 0.25) is 0 Å². The molecule has 9 nitrogen and oxygen atoms in total. The average Bonchev–Trinajstić information content (AvgIpc) is 3.04. The highest BCUT2D eigenvalue weighted by molar-refractivity contribution is 8.18. The summed E-state index contributed by atoms with van der Waals surface area (Å²) < 4.78 is 10.4. The molecule has 0 unspecified atom stereocenters. The summed E-state index contributed by atoms with van der Waals surface area (Å²) in [6, 6.07) is 13.6. The Morgan fingerprint density at radius 3 is 2.56 bits per heavy atom. The van der Waals surface area contributed by atoms with Gasteiger partial charge < -0.3 is 19.9 Å². The van der Waals surface area contributed by atoms with Gasteiger partial charge in [0.15, 0.2) is 18.1 Å². The molecule has 1 fully saturated rings. The third-order valence-corrected chi connectivity index (χ3v) is 5.24. The van der Waals surface area contributed by atoms with Crippen LogP contribution < -0.4 is 14.8 Å². The molecule has 3 amide bonds. The molecular weight excluding hydrogens is 436 g/mol.